The Balaban J connectivity index is 1.41. The molecule has 2 aromatic heterocycles. The molecule has 9 nitrogen and oxygen atoms in total. The van der Waals surface area contributed by atoms with Crippen molar-refractivity contribution in [1.29, 1.82) is 0 Å². The Bertz CT molecular complexity index is 913. The van der Waals surface area contributed by atoms with Crippen LogP contribution >= 0.6 is 0 Å². The zero-order chi connectivity index (χ0) is 17.8. The van der Waals surface area contributed by atoms with E-state index in [0.29, 0.717) is 42.8 Å². The second-order valence-electron chi connectivity index (χ2n) is 5.49. The van der Waals surface area contributed by atoms with Crippen molar-refractivity contribution in [2.75, 3.05) is 18.5 Å². The fourth-order valence-electron chi connectivity index (χ4n) is 2.56. The van der Waals surface area contributed by atoms with Gasteiger partial charge in [0.25, 0.3) is 0 Å². The molecule has 132 valence electrons. The normalized spacial score (nSPS) is 12.5. The van der Waals surface area contributed by atoms with Crippen molar-refractivity contribution in [2.24, 2.45) is 0 Å². The van der Waals surface area contributed by atoms with E-state index in [-0.39, 0.29) is 6.03 Å². The zero-order valence-corrected chi connectivity index (χ0v) is 13.8. The van der Waals surface area contributed by atoms with Gasteiger partial charge in [-0.25, -0.2) is 19.4 Å². The number of carbonyl (C=O) groups excluding carboxylic acids is 1. The van der Waals surface area contributed by atoms with Gasteiger partial charge in [0, 0.05) is 30.1 Å². The van der Waals surface area contributed by atoms with E-state index in [1.165, 1.54) is 6.33 Å². The van der Waals surface area contributed by atoms with Crippen LogP contribution in [0.25, 0.3) is 5.82 Å². The molecule has 4 rings (SSSR count). The van der Waals surface area contributed by atoms with Crippen LogP contribution in [0.15, 0.2) is 49.2 Å². The van der Waals surface area contributed by atoms with Crippen molar-refractivity contribution in [1.82, 2.24) is 25.1 Å². The minimum absolute atomic E-state index is 0.291. The number of aromatic nitrogens is 4. The summed E-state index contributed by atoms with van der Waals surface area (Å²) in [5, 5.41) is 9.65. The summed E-state index contributed by atoms with van der Waals surface area (Å²) < 4.78 is 12.5. The van der Waals surface area contributed by atoms with Gasteiger partial charge >= 0.3 is 6.03 Å². The molecule has 0 unspecified atom stereocenters. The SMILES string of the molecule is O=C(NCc1cccnc1-n1cncn1)Nc1ccc2c(c1)OCCO2. The minimum Gasteiger partial charge on any atom is -0.486 e. The van der Waals surface area contributed by atoms with Gasteiger partial charge in [0.1, 0.15) is 25.9 Å². The molecule has 2 N–H and O–H groups in total. The average Bonchev–Trinajstić information content (AvgIpc) is 3.21. The molecule has 0 aliphatic carbocycles. The van der Waals surface area contributed by atoms with Gasteiger partial charge in [-0.05, 0) is 18.2 Å². The van der Waals surface area contributed by atoms with Crippen LogP contribution in [0.3, 0.4) is 0 Å². The van der Waals surface area contributed by atoms with Gasteiger partial charge in [0.05, 0.1) is 0 Å². The third-order valence-electron chi connectivity index (χ3n) is 3.74. The molecule has 1 aliphatic heterocycles. The fraction of sp³-hybridized carbons (Fsp3) is 0.176. The topological polar surface area (TPSA) is 103 Å². The molecule has 9 heteroatoms. The van der Waals surface area contributed by atoms with Gasteiger partial charge in [0.15, 0.2) is 17.3 Å². The number of benzene rings is 1. The maximum absolute atomic E-state index is 12.2. The molecule has 0 fully saturated rings. The van der Waals surface area contributed by atoms with Crippen molar-refractivity contribution in [3.8, 4) is 17.3 Å². The Morgan fingerprint density at radius 1 is 1.19 bits per heavy atom. The zero-order valence-electron chi connectivity index (χ0n) is 13.8. The van der Waals surface area contributed by atoms with Gasteiger partial charge in [-0.15, -0.1) is 0 Å². The first-order valence-electron chi connectivity index (χ1n) is 8.03. The first-order chi connectivity index (χ1) is 12.8. The molecule has 3 heterocycles. The number of rotatable bonds is 4. The molecule has 0 bridgehead atoms. The second kappa shape index (κ2) is 7.09. The van der Waals surface area contributed by atoms with Crippen LogP contribution in [-0.2, 0) is 6.54 Å². The van der Waals surface area contributed by atoms with E-state index in [4.69, 9.17) is 9.47 Å². The van der Waals surface area contributed by atoms with Crippen molar-refractivity contribution in [2.45, 2.75) is 6.54 Å². The molecular weight excluding hydrogens is 336 g/mol. The molecule has 26 heavy (non-hydrogen) atoms. The molecule has 3 aromatic rings. The van der Waals surface area contributed by atoms with E-state index in [1.54, 1.807) is 41.5 Å². The molecule has 0 spiro atoms. The molecular formula is C17H16N6O3. The second-order valence-corrected chi connectivity index (χ2v) is 5.49. The van der Waals surface area contributed by atoms with E-state index < -0.39 is 0 Å². The highest BCUT2D eigenvalue weighted by molar-refractivity contribution is 5.89. The van der Waals surface area contributed by atoms with E-state index in [0.717, 1.165) is 5.56 Å². The standard InChI is InChI=1S/C17H16N6O3/c24-17(22-13-3-4-14-15(8-13)26-7-6-25-14)20-9-12-2-1-5-19-16(12)23-11-18-10-21-23/h1-5,8,10-11H,6-7,9H2,(H2,20,22,24). The summed E-state index contributed by atoms with van der Waals surface area (Å²) in [6.07, 6.45) is 4.65. The quantitative estimate of drug-likeness (QED) is 0.741. The summed E-state index contributed by atoms with van der Waals surface area (Å²) in [6.45, 7) is 1.31. The maximum atomic E-state index is 12.2. The van der Waals surface area contributed by atoms with E-state index in [2.05, 4.69) is 25.7 Å². The van der Waals surface area contributed by atoms with Crippen molar-refractivity contribution < 1.29 is 14.3 Å². The third-order valence-corrected chi connectivity index (χ3v) is 3.74. The molecule has 1 aromatic carbocycles. The Morgan fingerprint density at radius 3 is 2.92 bits per heavy atom. The highest BCUT2D eigenvalue weighted by atomic mass is 16.6. The monoisotopic (exact) mass is 352 g/mol. The lowest BCUT2D eigenvalue weighted by Crippen LogP contribution is -2.29. The summed E-state index contributed by atoms with van der Waals surface area (Å²) in [4.78, 5) is 20.4. The highest BCUT2D eigenvalue weighted by Crippen LogP contribution is 2.32. The summed E-state index contributed by atoms with van der Waals surface area (Å²) in [5.74, 6) is 1.91. The lowest BCUT2D eigenvalue weighted by atomic mass is 10.2. The number of hydrogen-bond donors (Lipinski definition) is 2. The van der Waals surface area contributed by atoms with Crippen LogP contribution < -0.4 is 20.1 Å². The average molecular weight is 352 g/mol. The van der Waals surface area contributed by atoms with Crippen molar-refractivity contribution in [3.05, 3.63) is 54.7 Å². The molecule has 0 atom stereocenters. The Kier molecular flexibility index (Phi) is 4.33. The van der Waals surface area contributed by atoms with Crippen LogP contribution in [-0.4, -0.2) is 39.0 Å². The van der Waals surface area contributed by atoms with Gasteiger partial charge in [-0.2, -0.15) is 5.10 Å². The first kappa shape index (κ1) is 15.9. The van der Waals surface area contributed by atoms with Crippen LogP contribution in [0.4, 0.5) is 10.5 Å². The number of fused-ring (bicyclic) bond motifs is 1. The van der Waals surface area contributed by atoms with Gasteiger partial charge in [-0.1, -0.05) is 6.07 Å². The molecule has 0 saturated carbocycles. The number of carbonyl (C=O) groups is 1. The van der Waals surface area contributed by atoms with Crippen LogP contribution in [0, 0.1) is 0 Å². The number of urea groups is 1. The van der Waals surface area contributed by atoms with Crippen molar-refractivity contribution in [3.63, 3.8) is 0 Å². The number of nitrogens with zero attached hydrogens (tertiary/aromatic N) is 4. The van der Waals surface area contributed by atoms with E-state index in [9.17, 15) is 4.79 Å². The Labute approximate surface area is 149 Å². The van der Waals surface area contributed by atoms with E-state index >= 15 is 0 Å². The minimum atomic E-state index is -0.338. The lowest BCUT2D eigenvalue weighted by molar-refractivity contribution is 0.171. The number of nitrogens with one attached hydrogen (secondary N) is 2. The summed E-state index contributed by atoms with van der Waals surface area (Å²) in [7, 11) is 0. The predicted molar refractivity (Wildman–Crippen MR) is 92.4 cm³/mol. The van der Waals surface area contributed by atoms with Gasteiger partial charge < -0.3 is 20.1 Å². The molecule has 0 radical (unpaired) electrons. The Morgan fingerprint density at radius 2 is 2.08 bits per heavy atom. The van der Waals surface area contributed by atoms with E-state index in [1.807, 2.05) is 6.07 Å². The maximum Gasteiger partial charge on any atom is 0.319 e. The Hall–Kier alpha value is -3.62. The first-order valence-corrected chi connectivity index (χ1v) is 8.03. The van der Waals surface area contributed by atoms with Gasteiger partial charge in [0.2, 0.25) is 0 Å². The number of amides is 2. The number of anilines is 1. The number of pyridine rings is 1. The van der Waals surface area contributed by atoms with Crippen LogP contribution in [0.5, 0.6) is 11.5 Å². The summed E-state index contributed by atoms with van der Waals surface area (Å²) in [6, 6.07) is 8.60. The van der Waals surface area contributed by atoms with Crippen LogP contribution in [0.1, 0.15) is 5.56 Å². The highest BCUT2D eigenvalue weighted by Gasteiger charge is 2.13. The lowest BCUT2D eigenvalue weighted by Gasteiger charge is -2.19. The fourth-order valence-corrected chi connectivity index (χ4v) is 2.56. The van der Waals surface area contributed by atoms with Crippen molar-refractivity contribution >= 4 is 11.7 Å². The summed E-state index contributed by atoms with van der Waals surface area (Å²) >= 11 is 0. The number of ether oxygens (including phenoxy) is 2. The molecule has 0 saturated heterocycles. The molecule has 1 aliphatic rings. The predicted octanol–water partition coefficient (Wildman–Crippen LogP) is 1.76. The summed E-state index contributed by atoms with van der Waals surface area (Å²) in [5.41, 5.74) is 1.43. The third kappa shape index (κ3) is 3.41. The van der Waals surface area contributed by atoms with Gasteiger partial charge in [-0.3, -0.25) is 0 Å². The molecule has 2 amide bonds. The largest absolute Gasteiger partial charge is 0.486 e. The van der Waals surface area contributed by atoms with Crippen LogP contribution in [0.2, 0.25) is 0 Å². The smallest absolute Gasteiger partial charge is 0.319 e. The number of hydrogen-bond acceptors (Lipinski definition) is 6.